The molecule has 4 aromatic carbocycles. The highest BCUT2D eigenvalue weighted by Crippen LogP contribution is 2.37. The summed E-state index contributed by atoms with van der Waals surface area (Å²) in [5, 5.41) is 1.94. The minimum absolute atomic E-state index is 0.0287. The summed E-state index contributed by atoms with van der Waals surface area (Å²) in [7, 11) is -5.92. The Morgan fingerprint density at radius 2 is 1.43 bits per heavy atom. The van der Waals surface area contributed by atoms with Crippen molar-refractivity contribution in [2.24, 2.45) is 0 Å². The monoisotopic (exact) mass is 697 g/mol. The normalized spacial score (nSPS) is 11.9. The number of benzene rings is 4. The number of amides is 1. The van der Waals surface area contributed by atoms with E-state index in [-0.39, 0.29) is 32.6 Å². The molecule has 4 rings (SSSR count). The molecular formula is C30H27ClF3N3O7S2. The highest BCUT2D eigenvalue weighted by Gasteiger charge is 2.34. The Labute approximate surface area is 268 Å². The summed E-state index contributed by atoms with van der Waals surface area (Å²) < 4.78 is 106. The van der Waals surface area contributed by atoms with E-state index in [9.17, 15) is 34.8 Å². The number of nitrogens with zero attached hydrogens (tertiary/aromatic N) is 1. The maximum atomic E-state index is 13.8. The number of hydrogen-bond donors (Lipinski definition) is 2. The van der Waals surface area contributed by atoms with Crippen molar-refractivity contribution < 1.29 is 44.3 Å². The summed E-state index contributed by atoms with van der Waals surface area (Å²) in [6.07, 6.45) is -4.80. The van der Waals surface area contributed by atoms with Crippen molar-refractivity contribution in [3.8, 4) is 11.5 Å². The Kier molecular flexibility index (Phi) is 10.1. The topological polar surface area (TPSA) is 131 Å². The van der Waals surface area contributed by atoms with Crippen LogP contribution in [-0.2, 0) is 31.0 Å². The maximum absolute atomic E-state index is 13.8. The fourth-order valence-corrected chi connectivity index (χ4v) is 6.89. The van der Waals surface area contributed by atoms with Crippen LogP contribution < -0.4 is 23.8 Å². The third-order valence-corrected chi connectivity index (χ3v) is 10.0. The number of halogens is 4. The van der Waals surface area contributed by atoms with Gasteiger partial charge in [0.05, 0.1) is 40.3 Å². The Morgan fingerprint density at radius 1 is 0.826 bits per heavy atom. The second kappa shape index (κ2) is 13.5. The molecule has 0 fully saturated rings. The number of aryl methyl sites for hydroxylation is 1. The molecule has 0 atom stereocenters. The van der Waals surface area contributed by atoms with Gasteiger partial charge in [0.25, 0.3) is 20.0 Å². The average Bonchev–Trinajstić information content (AvgIpc) is 3.00. The third kappa shape index (κ3) is 7.84. The zero-order valence-electron chi connectivity index (χ0n) is 24.4. The highest BCUT2D eigenvalue weighted by molar-refractivity contribution is 7.93. The smallest absolute Gasteiger partial charge is 0.417 e. The molecule has 0 bridgehead atoms. The molecule has 10 nitrogen and oxygen atoms in total. The average molecular weight is 698 g/mol. The van der Waals surface area contributed by atoms with E-state index in [1.54, 1.807) is 25.1 Å². The third-order valence-electron chi connectivity index (χ3n) is 6.52. The van der Waals surface area contributed by atoms with Crippen LogP contribution in [-0.4, -0.2) is 43.5 Å². The summed E-state index contributed by atoms with van der Waals surface area (Å²) in [5.41, 5.74) is -0.613. The van der Waals surface area contributed by atoms with E-state index >= 15 is 0 Å². The number of nitrogens with one attached hydrogen (secondary N) is 2. The van der Waals surface area contributed by atoms with Crippen LogP contribution in [0.4, 0.5) is 30.2 Å². The SMILES string of the molecule is COc1ccc(OC)c(N(CC(=O)Nc2ccc(S(=O)(=O)Nc3ccc(Cl)c(C(F)(F)F)c3)cc2)S(=O)(=O)c2ccc(C)cc2)c1. The van der Waals surface area contributed by atoms with Gasteiger partial charge >= 0.3 is 6.18 Å². The molecule has 0 saturated carbocycles. The van der Waals surface area contributed by atoms with Crippen LogP contribution in [0.25, 0.3) is 0 Å². The molecule has 0 aliphatic heterocycles. The second-order valence-corrected chi connectivity index (χ2v) is 13.7. The second-order valence-electron chi connectivity index (χ2n) is 9.73. The molecule has 2 N–H and O–H groups in total. The molecule has 16 heteroatoms. The van der Waals surface area contributed by atoms with E-state index in [1.807, 2.05) is 0 Å². The predicted octanol–water partition coefficient (Wildman–Crippen LogP) is 6.32. The summed E-state index contributed by atoms with van der Waals surface area (Å²) in [6, 6.07) is 17.8. The van der Waals surface area contributed by atoms with Crippen molar-refractivity contribution in [2.45, 2.75) is 22.9 Å². The Balaban J connectivity index is 1.58. The zero-order valence-corrected chi connectivity index (χ0v) is 26.8. The fourth-order valence-electron chi connectivity index (χ4n) is 4.20. The number of anilines is 3. The van der Waals surface area contributed by atoms with Gasteiger partial charge in [-0.3, -0.25) is 13.8 Å². The Bertz CT molecular complexity index is 1960. The van der Waals surface area contributed by atoms with Gasteiger partial charge < -0.3 is 14.8 Å². The summed E-state index contributed by atoms with van der Waals surface area (Å²) in [6.45, 7) is 1.08. The van der Waals surface area contributed by atoms with E-state index in [2.05, 4.69) is 10.0 Å². The van der Waals surface area contributed by atoms with Gasteiger partial charge in [0.2, 0.25) is 5.91 Å². The molecule has 0 saturated heterocycles. The lowest BCUT2D eigenvalue weighted by molar-refractivity contribution is -0.137. The van der Waals surface area contributed by atoms with Crippen LogP contribution in [0, 0.1) is 6.92 Å². The largest absolute Gasteiger partial charge is 0.497 e. The van der Waals surface area contributed by atoms with Crippen LogP contribution in [0.5, 0.6) is 11.5 Å². The minimum Gasteiger partial charge on any atom is -0.497 e. The molecule has 0 aliphatic rings. The van der Waals surface area contributed by atoms with Crippen LogP contribution in [0.3, 0.4) is 0 Å². The molecule has 0 spiro atoms. The van der Waals surface area contributed by atoms with E-state index in [0.717, 1.165) is 34.1 Å². The molecule has 0 unspecified atom stereocenters. The number of rotatable bonds is 11. The van der Waals surface area contributed by atoms with Gasteiger partial charge in [-0.1, -0.05) is 29.3 Å². The maximum Gasteiger partial charge on any atom is 0.417 e. The first kappa shape index (κ1) is 34.4. The minimum atomic E-state index is -4.80. The molecule has 46 heavy (non-hydrogen) atoms. The van der Waals surface area contributed by atoms with Gasteiger partial charge in [0.1, 0.15) is 18.0 Å². The van der Waals surface area contributed by atoms with Crippen molar-refractivity contribution in [1.82, 2.24) is 0 Å². The standard InChI is InChI=1S/C30H27ClF3N3O7S2/c1-19-4-10-24(11-5-19)46(41,42)37(27-17-22(43-2)9-15-28(27)44-3)18-29(38)35-20-6-12-23(13-7-20)45(39,40)36-21-8-14-26(31)25(16-21)30(32,33)34/h4-17,36H,18H2,1-3H3,(H,35,38). The van der Waals surface area contributed by atoms with Crippen molar-refractivity contribution in [2.75, 3.05) is 35.1 Å². The number of sulfonamides is 2. The molecule has 1 amide bonds. The van der Waals surface area contributed by atoms with Gasteiger partial charge in [-0.25, -0.2) is 16.8 Å². The lowest BCUT2D eigenvalue weighted by Crippen LogP contribution is -2.38. The van der Waals surface area contributed by atoms with E-state index < -0.39 is 49.3 Å². The number of ether oxygens (including phenoxy) is 2. The van der Waals surface area contributed by atoms with E-state index in [1.165, 1.54) is 50.6 Å². The Hall–Kier alpha value is -4.47. The lowest BCUT2D eigenvalue weighted by atomic mass is 10.2. The lowest BCUT2D eigenvalue weighted by Gasteiger charge is -2.26. The van der Waals surface area contributed by atoms with Gasteiger partial charge in [0.15, 0.2) is 0 Å². The molecule has 0 aliphatic carbocycles. The summed E-state index contributed by atoms with van der Waals surface area (Å²) >= 11 is 5.60. The van der Waals surface area contributed by atoms with Crippen LogP contribution in [0.2, 0.25) is 5.02 Å². The molecule has 0 radical (unpaired) electrons. The zero-order chi connectivity index (χ0) is 33.9. The number of carbonyl (C=O) groups is 1. The van der Waals surface area contributed by atoms with Crippen LogP contribution in [0.1, 0.15) is 11.1 Å². The number of methoxy groups -OCH3 is 2. The number of carbonyl (C=O) groups excluding carboxylic acids is 1. The van der Waals surface area contributed by atoms with Crippen molar-refractivity contribution >= 4 is 54.6 Å². The Morgan fingerprint density at radius 3 is 2.02 bits per heavy atom. The van der Waals surface area contributed by atoms with Gasteiger partial charge in [0, 0.05) is 17.4 Å². The van der Waals surface area contributed by atoms with Gasteiger partial charge in [-0.05, 0) is 73.7 Å². The first-order valence-corrected chi connectivity index (χ1v) is 16.5. The van der Waals surface area contributed by atoms with Gasteiger partial charge in [-0.2, -0.15) is 13.2 Å². The summed E-state index contributed by atoms with van der Waals surface area (Å²) in [4.78, 5) is 12.8. The molecule has 0 heterocycles. The predicted molar refractivity (Wildman–Crippen MR) is 168 cm³/mol. The van der Waals surface area contributed by atoms with Crippen molar-refractivity contribution in [3.63, 3.8) is 0 Å². The van der Waals surface area contributed by atoms with Crippen molar-refractivity contribution in [3.05, 3.63) is 101 Å². The van der Waals surface area contributed by atoms with Gasteiger partial charge in [-0.15, -0.1) is 0 Å². The quantitative estimate of drug-likeness (QED) is 0.188. The van der Waals surface area contributed by atoms with Crippen LogP contribution in [0.15, 0.2) is 94.7 Å². The molecule has 4 aromatic rings. The number of hydrogen-bond acceptors (Lipinski definition) is 7. The molecule has 244 valence electrons. The highest BCUT2D eigenvalue weighted by atomic mass is 35.5. The van der Waals surface area contributed by atoms with Crippen LogP contribution >= 0.6 is 11.6 Å². The first-order chi connectivity index (χ1) is 21.5. The van der Waals surface area contributed by atoms with Crippen molar-refractivity contribution in [1.29, 1.82) is 0 Å². The van der Waals surface area contributed by atoms with E-state index in [0.29, 0.717) is 11.8 Å². The van der Waals surface area contributed by atoms with E-state index in [4.69, 9.17) is 21.1 Å². The first-order valence-electron chi connectivity index (χ1n) is 13.2. The summed E-state index contributed by atoms with van der Waals surface area (Å²) in [5.74, 6) is -0.330. The number of alkyl halides is 3. The molecule has 0 aromatic heterocycles. The fraction of sp³-hybridized carbons (Fsp3) is 0.167. The molecular weight excluding hydrogens is 671 g/mol.